The molecule has 0 unspecified atom stereocenters. The lowest BCUT2D eigenvalue weighted by Crippen LogP contribution is -2.36. The van der Waals surface area contributed by atoms with E-state index < -0.39 is 5.97 Å². The number of fused-ring (bicyclic) bond motifs is 1. The number of aromatic carboxylic acids is 1. The first-order chi connectivity index (χ1) is 13.0. The zero-order chi connectivity index (χ0) is 20.7. The molecule has 1 aliphatic rings. The van der Waals surface area contributed by atoms with Crippen LogP contribution in [0.4, 0.5) is 11.4 Å². The summed E-state index contributed by atoms with van der Waals surface area (Å²) in [6.45, 7) is 9.33. The second-order valence-corrected chi connectivity index (χ2v) is 9.20. The molecule has 148 valence electrons. The second kappa shape index (κ2) is 7.08. The number of carboxylic acids is 1. The fourth-order valence-corrected chi connectivity index (χ4v) is 4.16. The zero-order valence-electron chi connectivity index (χ0n) is 17.7. The second-order valence-electron chi connectivity index (χ2n) is 9.20. The van der Waals surface area contributed by atoms with Crippen molar-refractivity contribution in [3.63, 3.8) is 0 Å². The minimum Gasteiger partial charge on any atom is -0.478 e. The Balaban J connectivity index is 2.08. The van der Waals surface area contributed by atoms with E-state index in [9.17, 15) is 4.79 Å². The average Bonchev–Trinajstić information content (AvgIpc) is 2.63. The highest BCUT2D eigenvalue weighted by Crippen LogP contribution is 2.49. The van der Waals surface area contributed by atoms with E-state index in [1.165, 1.54) is 23.2 Å². The zero-order valence-corrected chi connectivity index (χ0v) is 17.7. The molecule has 3 rings (SSSR count). The van der Waals surface area contributed by atoms with Gasteiger partial charge in [-0.2, -0.15) is 0 Å². The highest BCUT2D eigenvalue weighted by Gasteiger charge is 2.39. The maximum absolute atomic E-state index is 11.0. The molecule has 4 heteroatoms. The molecule has 0 atom stereocenters. The molecule has 0 spiro atoms. The fourth-order valence-electron chi connectivity index (χ4n) is 4.16. The molecule has 0 aromatic heterocycles. The number of hydrogen-bond donors (Lipinski definition) is 1. The third-order valence-electron chi connectivity index (χ3n) is 5.90. The van der Waals surface area contributed by atoms with Crippen LogP contribution >= 0.6 is 0 Å². The maximum Gasteiger partial charge on any atom is 0.335 e. The average molecular weight is 379 g/mol. The molecule has 2 aromatic rings. The van der Waals surface area contributed by atoms with Gasteiger partial charge >= 0.3 is 5.97 Å². The van der Waals surface area contributed by atoms with Crippen LogP contribution in [-0.2, 0) is 10.8 Å². The molecule has 2 aromatic carbocycles. The lowest BCUT2D eigenvalue weighted by Gasteiger charge is -2.44. The molecule has 0 amide bonds. The third-order valence-corrected chi connectivity index (χ3v) is 5.90. The molecular formula is C24H30N2O2. The van der Waals surface area contributed by atoms with Crippen LogP contribution in [0.5, 0.6) is 0 Å². The molecule has 0 saturated heterocycles. The monoisotopic (exact) mass is 378 g/mol. The van der Waals surface area contributed by atoms with Crippen LogP contribution in [0.1, 0.15) is 67.6 Å². The van der Waals surface area contributed by atoms with Gasteiger partial charge in [0.1, 0.15) is 0 Å². The Morgan fingerprint density at radius 2 is 1.61 bits per heavy atom. The van der Waals surface area contributed by atoms with Gasteiger partial charge in [0, 0.05) is 31.6 Å². The van der Waals surface area contributed by atoms with E-state index in [0.717, 1.165) is 17.7 Å². The van der Waals surface area contributed by atoms with Crippen LogP contribution in [0.2, 0.25) is 0 Å². The topological polar surface area (TPSA) is 52.9 Å². The summed E-state index contributed by atoms with van der Waals surface area (Å²) in [5.74, 6) is -0.926. The van der Waals surface area contributed by atoms with Crippen LogP contribution < -0.4 is 4.90 Å². The molecule has 1 aliphatic carbocycles. The Morgan fingerprint density at radius 1 is 1.00 bits per heavy atom. The van der Waals surface area contributed by atoms with Crippen molar-refractivity contribution >= 4 is 23.6 Å². The van der Waals surface area contributed by atoms with Crippen molar-refractivity contribution in [1.29, 1.82) is 0 Å². The molecule has 1 N–H and O–H groups in total. The molecule has 0 aliphatic heterocycles. The van der Waals surface area contributed by atoms with Crippen molar-refractivity contribution in [2.75, 3.05) is 19.0 Å². The summed E-state index contributed by atoms with van der Waals surface area (Å²) >= 11 is 0. The van der Waals surface area contributed by atoms with E-state index in [4.69, 9.17) is 5.11 Å². The first-order valence-corrected chi connectivity index (χ1v) is 9.76. The van der Waals surface area contributed by atoms with Crippen molar-refractivity contribution in [3.05, 3.63) is 58.7 Å². The maximum atomic E-state index is 11.0. The van der Waals surface area contributed by atoms with Gasteiger partial charge in [0.25, 0.3) is 0 Å². The molecule has 28 heavy (non-hydrogen) atoms. The van der Waals surface area contributed by atoms with Crippen LogP contribution in [0.15, 0.2) is 41.4 Å². The molecule has 4 nitrogen and oxygen atoms in total. The number of carboxylic acid groups (broad SMARTS) is 1. The summed E-state index contributed by atoms with van der Waals surface area (Å²) in [7, 11) is 4.18. The smallest absolute Gasteiger partial charge is 0.335 e. The largest absolute Gasteiger partial charge is 0.478 e. The molecule has 0 heterocycles. The summed E-state index contributed by atoms with van der Waals surface area (Å²) < 4.78 is 0. The van der Waals surface area contributed by atoms with Crippen molar-refractivity contribution < 1.29 is 9.90 Å². The summed E-state index contributed by atoms with van der Waals surface area (Å²) in [5.41, 5.74) is 6.43. The SMILES string of the molecule is CN(C)c1c(C=Nc2ccc(C(=O)O)cc2)ccc2c1C(C)(C)CCC2(C)C. The number of aliphatic imine (C=N–C) groups is 1. The number of benzene rings is 2. The summed E-state index contributed by atoms with van der Waals surface area (Å²) in [4.78, 5) is 17.8. The predicted octanol–water partition coefficient (Wildman–Crippen LogP) is 5.55. The predicted molar refractivity (Wildman–Crippen MR) is 117 cm³/mol. The Kier molecular flexibility index (Phi) is 5.09. The van der Waals surface area contributed by atoms with Crippen LogP contribution in [0, 0.1) is 0 Å². The normalized spacial score (nSPS) is 17.4. The van der Waals surface area contributed by atoms with Gasteiger partial charge in [0.15, 0.2) is 0 Å². The van der Waals surface area contributed by atoms with E-state index >= 15 is 0 Å². The Bertz CT molecular complexity index is 922. The lowest BCUT2D eigenvalue weighted by atomic mass is 9.62. The van der Waals surface area contributed by atoms with Gasteiger partial charge in [-0.1, -0.05) is 39.8 Å². The van der Waals surface area contributed by atoms with Crippen molar-refractivity contribution in [2.24, 2.45) is 4.99 Å². The minimum atomic E-state index is -0.926. The van der Waals surface area contributed by atoms with Crippen molar-refractivity contribution in [3.8, 4) is 0 Å². The fraction of sp³-hybridized carbons (Fsp3) is 0.417. The molecule has 0 fully saturated rings. The Labute approximate surface area is 167 Å². The van der Waals surface area contributed by atoms with E-state index in [1.54, 1.807) is 24.3 Å². The summed E-state index contributed by atoms with van der Waals surface area (Å²) in [5, 5.41) is 9.04. The van der Waals surface area contributed by atoms with Crippen molar-refractivity contribution in [1.82, 2.24) is 0 Å². The standard InChI is InChI=1S/C24H30N2O2/c1-23(2)13-14-24(3,4)20-19(23)12-9-17(21(20)26(5)6)15-25-18-10-7-16(8-11-18)22(27)28/h7-12,15H,13-14H2,1-6H3,(H,27,28). The Hall–Kier alpha value is -2.62. The van der Waals surface area contributed by atoms with E-state index in [0.29, 0.717) is 0 Å². The minimum absolute atomic E-state index is 0.109. The van der Waals surface area contributed by atoms with Gasteiger partial charge in [0.05, 0.1) is 11.3 Å². The van der Waals surface area contributed by atoms with E-state index in [2.05, 4.69) is 63.8 Å². The van der Waals surface area contributed by atoms with Gasteiger partial charge in [0.2, 0.25) is 0 Å². The number of carbonyl (C=O) groups is 1. The van der Waals surface area contributed by atoms with Gasteiger partial charge in [-0.3, -0.25) is 4.99 Å². The summed E-state index contributed by atoms with van der Waals surface area (Å²) in [6.07, 6.45) is 4.23. The molecule has 0 saturated carbocycles. The first-order valence-electron chi connectivity index (χ1n) is 9.76. The number of nitrogens with zero attached hydrogens (tertiary/aromatic N) is 2. The van der Waals surface area contributed by atoms with Crippen LogP contribution in [0.25, 0.3) is 0 Å². The Morgan fingerprint density at radius 3 is 2.18 bits per heavy atom. The lowest BCUT2D eigenvalue weighted by molar-refractivity contribution is 0.0697. The van der Waals surface area contributed by atoms with Crippen molar-refractivity contribution in [2.45, 2.75) is 51.4 Å². The highest BCUT2D eigenvalue weighted by molar-refractivity contribution is 5.92. The molecule has 0 radical (unpaired) electrons. The number of anilines is 1. The van der Waals surface area contributed by atoms with Gasteiger partial charge < -0.3 is 10.0 Å². The van der Waals surface area contributed by atoms with E-state index in [1.807, 2.05) is 6.21 Å². The van der Waals surface area contributed by atoms with Gasteiger partial charge in [-0.05, 0) is 59.1 Å². The third kappa shape index (κ3) is 3.68. The highest BCUT2D eigenvalue weighted by atomic mass is 16.4. The first kappa shape index (κ1) is 20.1. The number of hydrogen-bond acceptors (Lipinski definition) is 3. The molecule has 0 bridgehead atoms. The number of rotatable bonds is 4. The van der Waals surface area contributed by atoms with E-state index in [-0.39, 0.29) is 16.4 Å². The molecular weight excluding hydrogens is 348 g/mol. The van der Waals surface area contributed by atoms with Crippen LogP contribution in [0.3, 0.4) is 0 Å². The van der Waals surface area contributed by atoms with Gasteiger partial charge in [-0.25, -0.2) is 4.79 Å². The quantitative estimate of drug-likeness (QED) is 0.710. The van der Waals surface area contributed by atoms with Gasteiger partial charge in [-0.15, -0.1) is 0 Å². The summed E-state index contributed by atoms with van der Waals surface area (Å²) in [6, 6.07) is 11.1. The van der Waals surface area contributed by atoms with Crippen LogP contribution in [-0.4, -0.2) is 31.4 Å².